The lowest BCUT2D eigenvalue weighted by atomic mass is 10.1. The van der Waals surface area contributed by atoms with Crippen LogP contribution < -0.4 is 0 Å². The minimum atomic E-state index is -0.526. The van der Waals surface area contributed by atoms with Crippen molar-refractivity contribution >= 4 is 0 Å². The normalized spacial score (nSPS) is 15.2. The van der Waals surface area contributed by atoms with Crippen molar-refractivity contribution in [1.29, 1.82) is 0 Å². The van der Waals surface area contributed by atoms with Gasteiger partial charge in [-0.25, -0.2) is 0 Å². The maximum atomic E-state index is 9.49. The van der Waals surface area contributed by atoms with Gasteiger partial charge in [-0.15, -0.1) is 0 Å². The Kier molecular flexibility index (Phi) is 4.80. The highest BCUT2D eigenvalue weighted by Crippen LogP contribution is 2.09. The van der Waals surface area contributed by atoms with Gasteiger partial charge in [0.2, 0.25) is 0 Å². The summed E-state index contributed by atoms with van der Waals surface area (Å²) in [5.74, 6) is 0. The molecule has 0 aliphatic heterocycles. The van der Waals surface area contributed by atoms with Gasteiger partial charge in [-0.05, 0) is 40.7 Å². The fourth-order valence-corrected chi connectivity index (χ4v) is 0.982. The summed E-state index contributed by atoms with van der Waals surface area (Å²) in [5.41, 5.74) is -0.526. The Morgan fingerprint density at radius 3 is 2.25 bits per heavy atom. The third-order valence-corrected chi connectivity index (χ3v) is 2.42. The van der Waals surface area contributed by atoms with Gasteiger partial charge in [0.25, 0.3) is 0 Å². The van der Waals surface area contributed by atoms with E-state index in [1.807, 2.05) is 13.8 Å². The molecule has 0 aromatic carbocycles. The first-order chi connectivity index (χ1) is 5.37. The van der Waals surface area contributed by atoms with E-state index in [0.29, 0.717) is 6.04 Å². The van der Waals surface area contributed by atoms with E-state index in [9.17, 15) is 5.11 Å². The molecule has 0 spiro atoms. The lowest BCUT2D eigenvalue weighted by molar-refractivity contribution is 0.0563. The molecule has 1 unspecified atom stereocenters. The summed E-state index contributed by atoms with van der Waals surface area (Å²) in [7, 11) is 2.11. The van der Waals surface area contributed by atoms with Crippen LogP contribution in [0.15, 0.2) is 0 Å². The zero-order valence-electron chi connectivity index (χ0n) is 9.09. The summed E-state index contributed by atoms with van der Waals surface area (Å²) in [5, 5.41) is 9.49. The van der Waals surface area contributed by atoms with Gasteiger partial charge in [-0.1, -0.05) is 6.92 Å². The van der Waals surface area contributed by atoms with Gasteiger partial charge in [-0.2, -0.15) is 0 Å². The maximum absolute atomic E-state index is 9.49. The molecule has 74 valence electrons. The zero-order chi connectivity index (χ0) is 9.78. The van der Waals surface area contributed by atoms with Gasteiger partial charge in [-0.3, -0.25) is 0 Å². The molecule has 0 amide bonds. The molecule has 0 aliphatic carbocycles. The van der Waals surface area contributed by atoms with Gasteiger partial charge >= 0.3 is 0 Å². The van der Waals surface area contributed by atoms with Gasteiger partial charge in [0.1, 0.15) is 0 Å². The lowest BCUT2D eigenvalue weighted by Crippen LogP contribution is -2.33. The Hall–Kier alpha value is -0.0800. The first-order valence-electron chi connectivity index (χ1n) is 4.79. The number of nitrogens with zero attached hydrogens (tertiary/aromatic N) is 1. The molecule has 0 radical (unpaired) electrons. The van der Waals surface area contributed by atoms with Gasteiger partial charge in [0.05, 0.1) is 5.60 Å². The molecular formula is C10H23NO. The quantitative estimate of drug-likeness (QED) is 0.686. The Morgan fingerprint density at radius 1 is 1.42 bits per heavy atom. The molecule has 0 heterocycles. The Morgan fingerprint density at radius 2 is 1.92 bits per heavy atom. The van der Waals surface area contributed by atoms with Gasteiger partial charge < -0.3 is 10.0 Å². The number of hydrogen-bond donors (Lipinski definition) is 1. The second-order valence-electron chi connectivity index (χ2n) is 4.30. The van der Waals surface area contributed by atoms with E-state index in [4.69, 9.17) is 0 Å². The summed E-state index contributed by atoms with van der Waals surface area (Å²) >= 11 is 0. The van der Waals surface area contributed by atoms with E-state index in [1.165, 1.54) is 6.42 Å². The minimum absolute atomic E-state index is 0.526. The van der Waals surface area contributed by atoms with Crippen molar-refractivity contribution in [2.75, 3.05) is 13.6 Å². The molecule has 2 heteroatoms. The Labute approximate surface area is 76.6 Å². The van der Waals surface area contributed by atoms with E-state index in [-0.39, 0.29) is 0 Å². The van der Waals surface area contributed by atoms with Crippen LogP contribution in [-0.4, -0.2) is 35.2 Å². The molecule has 0 saturated carbocycles. The van der Waals surface area contributed by atoms with Gasteiger partial charge in [0, 0.05) is 12.6 Å². The highest BCUT2D eigenvalue weighted by molar-refractivity contribution is 4.69. The second kappa shape index (κ2) is 4.83. The number of aliphatic hydroxyl groups is 1. The van der Waals surface area contributed by atoms with Crippen LogP contribution in [0.2, 0.25) is 0 Å². The molecule has 0 aromatic rings. The van der Waals surface area contributed by atoms with Crippen LogP contribution in [0.5, 0.6) is 0 Å². The molecule has 2 nitrogen and oxygen atoms in total. The predicted molar refractivity (Wildman–Crippen MR) is 53.3 cm³/mol. The largest absolute Gasteiger partial charge is 0.390 e. The molecule has 0 fully saturated rings. The fourth-order valence-electron chi connectivity index (χ4n) is 0.982. The molecule has 0 bridgehead atoms. The minimum Gasteiger partial charge on any atom is -0.390 e. The monoisotopic (exact) mass is 173 g/mol. The lowest BCUT2D eigenvalue weighted by Gasteiger charge is -2.26. The molecule has 1 atom stereocenters. The smallest absolute Gasteiger partial charge is 0.0603 e. The first kappa shape index (κ1) is 11.9. The van der Waals surface area contributed by atoms with Crippen molar-refractivity contribution in [3.63, 3.8) is 0 Å². The van der Waals surface area contributed by atoms with Crippen molar-refractivity contribution < 1.29 is 5.11 Å². The topological polar surface area (TPSA) is 23.5 Å². The van der Waals surface area contributed by atoms with Crippen LogP contribution in [0.1, 0.15) is 40.5 Å². The van der Waals surface area contributed by atoms with E-state index in [2.05, 4.69) is 25.8 Å². The molecule has 0 aliphatic rings. The van der Waals surface area contributed by atoms with Crippen molar-refractivity contribution in [3.8, 4) is 0 Å². The van der Waals surface area contributed by atoms with Crippen LogP contribution in [0.25, 0.3) is 0 Å². The summed E-state index contributed by atoms with van der Waals surface area (Å²) in [6.45, 7) is 9.09. The van der Waals surface area contributed by atoms with Crippen LogP contribution >= 0.6 is 0 Å². The first-order valence-corrected chi connectivity index (χ1v) is 4.79. The average Bonchev–Trinajstić information content (AvgIpc) is 1.97. The van der Waals surface area contributed by atoms with Crippen molar-refractivity contribution in [2.24, 2.45) is 0 Å². The molecule has 12 heavy (non-hydrogen) atoms. The number of hydrogen-bond acceptors (Lipinski definition) is 2. The fraction of sp³-hybridized carbons (Fsp3) is 1.00. The third-order valence-electron chi connectivity index (χ3n) is 2.42. The van der Waals surface area contributed by atoms with Gasteiger partial charge in [0.15, 0.2) is 0 Å². The summed E-state index contributed by atoms with van der Waals surface area (Å²) < 4.78 is 0. The van der Waals surface area contributed by atoms with Crippen molar-refractivity contribution in [3.05, 3.63) is 0 Å². The van der Waals surface area contributed by atoms with E-state index >= 15 is 0 Å². The second-order valence-corrected chi connectivity index (χ2v) is 4.30. The van der Waals surface area contributed by atoms with Crippen LogP contribution in [0.3, 0.4) is 0 Å². The summed E-state index contributed by atoms with van der Waals surface area (Å²) in [4.78, 5) is 2.29. The molecule has 1 N–H and O–H groups in total. The Bertz CT molecular complexity index is 117. The maximum Gasteiger partial charge on any atom is 0.0603 e. The van der Waals surface area contributed by atoms with E-state index in [0.717, 1.165) is 13.0 Å². The van der Waals surface area contributed by atoms with E-state index < -0.39 is 5.60 Å². The SMILES string of the molecule is CCC(C)N(C)CCC(C)(C)O. The molecule has 0 aromatic heterocycles. The number of rotatable bonds is 5. The van der Waals surface area contributed by atoms with E-state index in [1.54, 1.807) is 0 Å². The van der Waals surface area contributed by atoms with Crippen LogP contribution in [0.4, 0.5) is 0 Å². The zero-order valence-corrected chi connectivity index (χ0v) is 9.09. The summed E-state index contributed by atoms with van der Waals surface area (Å²) in [6, 6.07) is 0.618. The standard InChI is InChI=1S/C10H23NO/c1-6-9(2)11(5)8-7-10(3,4)12/h9,12H,6-8H2,1-5H3. The average molecular weight is 173 g/mol. The highest BCUT2D eigenvalue weighted by Gasteiger charge is 2.14. The van der Waals surface area contributed by atoms with Crippen LogP contribution in [-0.2, 0) is 0 Å². The Balaban J connectivity index is 3.64. The van der Waals surface area contributed by atoms with Crippen LogP contribution in [0, 0.1) is 0 Å². The third kappa shape index (κ3) is 5.56. The molecular weight excluding hydrogens is 150 g/mol. The van der Waals surface area contributed by atoms with Crippen molar-refractivity contribution in [2.45, 2.75) is 52.2 Å². The predicted octanol–water partition coefficient (Wildman–Crippen LogP) is 1.88. The molecule has 0 saturated heterocycles. The highest BCUT2D eigenvalue weighted by atomic mass is 16.3. The summed E-state index contributed by atoms with van der Waals surface area (Å²) in [6.07, 6.45) is 2.01. The molecule has 0 rings (SSSR count). The van der Waals surface area contributed by atoms with Crippen molar-refractivity contribution in [1.82, 2.24) is 4.90 Å².